The standard InChI is InChI=1S/C14H20ClNO/c1-10-2-3-12(7-14(10)15)9-16-8-11-4-5-13(17)6-11/h2-3,7,11,13,16-17H,4-6,8-9H2,1H3/t11-,13-/m0/s1. The quantitative estimate of drug-likeness (QED) is 0.865. The average molecular weight is 254 g/mol. The summed E-state index contributed by atoms with van der Waals surface area (Å²) in [5.74, 6) is 0.630. The number of hydrogen-bond acceptors (Lipinski definition) is 2. The number of hydrogen-bond donors (Lipinski definition) is 2. The van der Waals surface area contributed by atoms with Gasteiger partial charge in [-0.1, -0.05) is 23.7 Å². The van der Waals surface area contributed by atoms with Gasteiger partial charge in [-0.3, -0.25) is 0 Å². The molecule has 2 rings (SSSR count). The Kier molecular flexibility index (Phi) is 4.43. The Balaban J connectivity index is 1.76. The molecule has 0 unspecified atom stereocenters. The lowest BCUT2D eigenvalue weighted by Crippen LogP contribution is -2.21. The molecule has 2 atom stereocenters. The van der Waals surface area contributed by atoms with E-state index in [1.54, 1.807) is 0 Å². The van der Waals surface area contributed by atoms with E-state index in [-0.39, 0.29) is 6.10 Å². The summed E-state index contributed by atoms with van der Waals surface area (Å²) < 4.78 is 0. The number of aliphatic hydroxyl groups is 1. The Hall–Kier alpha value is -0.570. The summed E-state index contributed by atoms with van der Waals surface area (Å²) in [4.78, 5) is 0. The molecule has 1 aromatic rings. The first kappa shape index (κ1) is 12.9. The van der Waals surface area contributed by atoms with Crippen LogP contribution >= 0.6 is 11.6 Å². The van der Waals surface area contributed by atoms with Crippen molar-refractivity contribution in [1.82, 2.24) is 5.32 Å². The van der Waals surface area contributed by atoms with Crippen molar-refractivity contribution in [2.45, 2.75) is 38.8 Å². The lowest BCUT2D eigenvalue weighted by molar-refractivity contribution is 0.177. The van der Waals surface area contributed by atoms with Crippen molar-refractivity contribution in [2.75, 3.05) is 6.54 Å². The number of benzene rings is 1. The predicted octanol–water partition coefficient (Wildman–Crippen LogP) is 2.90. The van der Waals surface area contributed by atoms with Crippen LogP contribution in [0.15, 0.2) is 18.2 Å². The number of aryl methyl sites for hydroxylation is 1. The summed E-state index contributed by atoms with van der Waals surface area (Å²) in [7, 11) is 0. The van der Waals surface area contributed by atoms with Crippen molar-refractivity contribution < 1.29 is 5.11 Å². The molecule has 2 N–H and O–H groups in total. The van der Waals surface area contributed by atoms with Crippen LogP contribution in [-0.2, 0) is 6.54 Å². The third-order valence-electron chi connectivity index (χ3n) is 3.51. The average Bonchev–Trinajstić information content (AvgIpc) is 2.70. The first-order valence-corrected chi connectivity index (χ1v) is 6.67. The highest BCUT2D eigenvalue weighted by molar-refractivity contribution is 6.31. The van der Waals surface area contributed by atoms with E-state index in [1.165, 1.54) is 5.56 Å². The van der Waals surface area contributed by atoms with E-state index in [9.17, 15) is 5.11 Å². The highest BCUT2D eigenvalue weighted by Crippen LogP contribution is 2.24. The third kappa shape index (κ3) is 3.70. The molecule has 1 aliphatic carbocycles. The van der Waals surface area contributed by atoms with Gasteiger partial charge in [0.2, 0.25) is 0 Å². The molecule has 0 aromatic heterocycles. The number of aliphatic hydroxyl groups excluding tert-OH is 1. The van der Waals surface area contributed by atoms with Gasteiger partial charge in [-0.05, 0) is 55.8 Å². The fourth-order valence-corrected chi connectivity index (χ4v) is 2.60. The molecule has 0 aliphatic heterocycles. The Morgan fingerprint density at radius 1 is 1.41 bits per heavy atom. The van der Waals surface area contributed by atoms with Crippen LogP contribution in [0, 0.1) is 12.8 Å². The van der Waals surface area contributed by atoms with Crippen molar-refractivity contribution in [2.24, 2.45) is 5.92 Å². The molecule has 2 nitrogen and oxygen atoms in total. The molecule has 0 saturated heterocycles. The topological polar surface area (TPSA) is 32.3 Å². The molecule has 0 bridgehead atoms. The van der Waals surface area contributed by atoms with Crippen LogP contribution in [0.2, 0.25) is 5.02 Å². The van der Waals surface area contributed by atoms with E-state index in [0.717, 1.165) is 42.9 Å². The Morgan fingerprint density at radius 2 is 2.24 bits per heavy atom. The van der Waals surface area contributed by atoms with Gasteiger partial charge in [0.05, 0.1) is 6.10 Å². The molecule has 94 valence electrons. The SMILES string of the molecule is Cc1ccc(CNC[C@H]2CC[C@H](O)C2)cc1Cl. The zero-order valence-corrected chi connectivity index (χ0v) is 11.0. The van der Waals surface area contributed by atoms with Crippen LogP contribution in [0.3, 0.4) is 0 Å². The molecule has 0 radical (unpaired) electrons. The van der Waals surface area contributed by atoms with Crippen LogP contribution in [0.1, 0.15) is 30.4 Å². The van der Waals surface area contributed by atoms with Crippen LogP contribution < -0.4 is 5.32 Å². The van der Waals surface area contributed by atoms with Gasteiger partial charge in [0.15, 0.2) is 0 Å². The van der Waals surface area contributed by atoms with Gasteiger partial charge in [0, 0.05) is 11.6 Å². The fraction of sp³-hybridized carbons (Fsp3) is 0.571. The van der Waals surface area contributed by atoms with Crippen molar-refractivity contribution in [1.29, 1.82) is 0 Å². The molecule has 0 spiro atoms. The minimum Gasteiger partial charge on any atom is -0.393 e. The van der Waals surface area contributed by atoms with Gasteiger partial charge in [0.25, 0.3) is 0 Å². The summed E-state index contributed by atoms with van der Waals surface area (Å²) in [5.41, 5.74) is 2.34. The minimum atomic E-state index is -0.0735. The second-order valence-corrected chi connectivity index (χ2v) is 5.45. The number of rotatable bonds is 4. The smallest absolute Gasteiger partial charge is 0.0543 e. The zero-order chi connectivity index (χ0) is 12.3. The third-order valence-corrected chi connectivity index (χ3v) is 3.92. The Bertz CT molecular complexity index is 380. The maximum absolute atomic E-state index is 9.44. The second kappa shape index (κ2) is 5.85. The van der Waals surface area contributed by atoms with E-state index in [1.807, 2.05) is 13.0 Å². The highest BCUT2D eigenvalue weighted by atomic mass is 35.5. The minimum absolute atomic E-state index is 0.0735. The van der Waals surface area contributed by atoms with Crippen LogP contribution in [0.25, 0.3) is 0 Å². The molecule has 0 heterocycles. The van der Waals surface area contributed by atoms with Gasteiger partial charge in [-0.25, -0.2) is 0 Å². The monoisotopic (exact) mass is 253 g/mol. The van der Waals surface area contributed by atoms with E-state index in [0.29, 0.717) is 5.92 Å². The largest absolute Gasteiger partial charge is 0.393 e. The molecule has 1 aromatic carbocycles. The van der Waals surface area contributed by atoms with Gasteiger partial charge in [-0.2, -0.15) is 0 Å². The van der Waals surface area contributed by atoms with Crippen molar-refractivity contribution in [3.63, 3.8) is 0 Å². The molecule has 0 amide bonds. The first-order valence-electron chi connectivity index (χ1n) is 6.29. The lowest BCUT2D eigenvalue weighted by Gasteiger charge is -2.11. The summed E-state index contributed by atoms with van der Waals surface area (Å²) in [6, 6.07) is 6.18. The van der Waals surface area contributed by atoms with Crippen LogP contribution in [0.5, 0.6) is 0 Å². The molecule has 3 heteroatoms. The summed E-state index contributed by atoms with van der Waals surface area (Å²) in [6.45, 7) is 3.86. The molecule has 1 aliphatic rings. The molecule has 1 saturated carbocycles. The number of nitrogens with one attached hydrogen (secondary N) is 1. The molecular formula is C14H20ClNO. The van der Waals surface area contributed by atoms with Gasteiger partial charge in [-0.15, -0.1) is 0 Å². The summed E-state index contributed by atoms with van der Waals surface area (Å²) >= 11 is 6.08. The normalized spacial score (nSPS) is 24.2. The Morgan fingerprint density at radius 3 is 2.88 bits per heavy atom. The maximum Gasteiger partial charge on any atom is 0.0543 e. The van der Waals surface area contributed by atoms with Gasteiger partial charge in [0.1, 0.15) is 0 Å². The zero-order valence-electron chi connectivity index (χ0n) is 10.2. The first-order chi connectivity index (χ1) is 8.15. The van der Waals surface area contributed by atoms with Crippen molar-refractivity contribution in [3.8, 4) is 0 Å². The van der Waals surface area contributed by atoms with E-state index in [2.05, 4.69) is 17.4 Å². The van der Waals surface area contributed by atoms with E-state index < -0.39 is 0 Å². The second-order valence-electron chi connectivity index (χ2n) is 5.05. The van der Waals surface area contributed by atoms with E-state index in [4.69, 9.17) is 11.6 Å². The van der Waals surface area contributed by atoms with Crippen LogP contribution in [-0.4, -0.2) is 17.8 Å². The van der Waals surface area contributed by atoms with Crippen molar-refractivity contribution >= 4 is 11.6 Å². The highest BCUT2D eigenvalue weighted by Gasteiger charge is 2.21. The van der Waals surface area contributed by atoms with Crippen LogP contribution in [0.4, 0.5) is 0 Å². The molecule has 17 heavy (non-hydrogen) atoms. The summed E-state index contributed by atoms with van der Waals surface area (Å²) in [5, 5.41) is 13.7. The summed E-state index contributed by atoms with van der Waals surface area (Å²) in [6.07, 6.45) is 2.98. The molecular weight excluding hydrogens is 234 g/mol. The lowest BCUT2D eigenvalue weighted by atomic mass is 10.1. The van der Waals surface area contributed by atoms with Gasteiger partial charge < -0.3 is 10.4 Å². The van der Waals surface area contributed by atoms with Gasteiger partial charge >= 0.3 is 0 Å². The maximum atomic E-state index is 9.44. The van der Waals surface area contributed by atoms with Crippen molar-refractivity contribution in [3.05, 3.63) is 34.3 Å². The van der Waals surface area contributed by atoms with E-state index >= 15 is 0 Å². The fourth-order valence-electron chi connectivity index (χ4n) is 2.40. The number of halogens is 1. The predicted molar refractivity (Wildman–Crippen MR) is 71.2 cm³/mol. The Labute approximate surface area is 108 Å². The molecule has 1 fully saturated rings.